The van der Waals surface area contributed by atoms with Gasteiger partial charge in [-0.25, -0.2) is 4.79 Å². The number of hydrogen-bond acceptors (Lipinski definition) is 4. The Hall–Kier alpha value is -2.08. The Bertz CT molecular complexity index is 542. The van der Waals surface area contributed by atoms with Crippen LogP contribution in [-0.2, 0) is 4.79 Å². The highest BCUT2D eigenvalue weighted by Gasteiger charge is 2.37. The van der Waals surface area contributed by atoms with E-state index in [1.54, 1.807) is 31.4 Å². The van der Waals surface area contributed by atoms with Crippen molar-refractivity contribution >= 4 is 11.9 Å². The molecule has 6 nitrogen and oxygen atoms in total. The molecule has 0 bridgehead atoms. The molecule has 0 unspecified atom stereocenters. The summed E-state index contributed by atoms with van der Waals surface area (Å²) in [5.41, 5.74) is 0.482. The summed E-state index contributed by atoms with van der Waals surface area (Å²) < 4.78 is 5.07. The molecule has 1 aliphatic heterocycles. The van der Waals surface area contributed by atoms with Crippen LogP contribution >= 0.6 is 0 Å². The van der Waals surface area contributed by atoms with Crippen LogP contribution in [0.15, 0.2) is 24.3 Å². The van der Waals surface area contributed by atoms with Crippen LogP contribution in [0, 0.1) is 0 Å². The van der Waals surface area contributed by atoms with Crippen molar-refractivity contribution in [3.8, 4) is 5.75 Å². The number of carboxylic acids is 1. The third kappa shape index (κ3) is 3.39. The Morgan fingerprint density at radius 3 is 2.41 bits per heavy atom. The van der Waals surface area contributed by atoms with Crippen LogP contribution in [0.25, 0.3) is 0 Å². The molecule has 2 atom stereocenters. The molecule has 1 heterocycles. The number of likely N-dealkylation sites (tertiary alicyclic amines) is 1. The van der Waals surface area contributed by atoms with E-state index < -0.39 is 12.0 Å². The van der Waals surface area contributed by atoms with Gasteiger partial charge in [-0.15, -0.1) is 0 Å². The van der Waals surface area contributed by atoms with Crippen molar-refractivity contribution in [1.82, 2.24) is 9.80 Å². The lowest BCUT2D eigenvalue weighted by atomic mass is 9.95. The molecule has 22 heavy (non-hydrogen) atoms. The average molecular weight is 306 g/mol. The van der Waals surface area contributed by atoms with Gasteiger partial charge in [0.2, 0.25) is 0 Å². The van der Waals surface area contributed by atoms with Crippen LogP contribution in [0.2, 0.25) is 0 Å². The molecule has 120 valence electrons. The summed E-state index contributed by atoms with van der Waals surface area (Å²) in [7, 11) is 5.43. The molecule has 1 saturated heterocycles. The highest BCUT2D eigenvalue weighted by molar-refractivity contribution is 5.96. The quantitative estimate of drug-likeness (QED) is 0.908. The number of carbonyl (C=O) groups excluding carboxylic acids is 1. The highest BCUT2D eigenvalue weighted by Crippen LogP contribution is 2.23. The molecule has 1 aromatic carbocycles. The lowest BCUT2D eigenvalue weighted by Crippen LogP contribution is -2.53. The minimum Gasteiger partial charge on any atom is -0.497 e. The highest BCUT2D eigenvalue weighted by atomic mass is 16.5. The summed E-state index contributed by atoms with van der Waals surface area (Å²) in [4.78, 5) is 27.6. The van der Waals surface area contributed by atoms with E-state index in [0.29, 0.717) is 24.3 Å². The van der Waals surface area contributed by atoms with E-state index >= 15 is 0 Å². The minimum atomic E-state index is -0.951. The number of amides is 1. The van der Waals surface area contributed by atoms with Gasteiger partial charge in [-0.2, -0.15) is 0 Å². The first-order chi connectivity index (χ1) is 10.4. The van der Waals surface area contributed by atoms with E-state index in [1.807, 2.05) is 19.0 Å². The molecule has 1 fully saturated rings. The van der Waals surface area contributed by atoms with Gasteiger partial charge in [0.05, 0.1) is 7.11 Å². The van der Waals surface area contributed by atoms with Gasteiger partial charge in [0.1, 0.15) is 11.8 Å². The van der Waals surface area contributed by atoms with Crippen molar-refractivity contribution < 1.29 is 19.4 Å². The number of ether oxygens (including phenoxy) is 1. The Morgan fingerprint density at radius 1 is 1.27 bits per heavy atom. The maximum atomic E-state index is 12.6. The van der Waals surface area contributed by atoms with E-state index in [0.717, 1.165) is 6.42 Å². The molecule has 0 saturated carbocycles. The number of nitrogens with zero attached hydrogens (tertiary/aromatic N) is 2. The van der Waals surface area contributed by atoms with Gasteiger partial charge in [-0.05, 0) is 51.2 Å². The monoisotopic (exact) mass is 306 g/mol. The molecule has 1 N–H and O–H groups in total. The summed E-state index contributed by atoms with van der Waals surface area (Å²) in [6.45, 7) is 0.449. The van der Waals surface area contributed by atoms with E-state index in [4.69, 9.17) is 4.74 Å². The zero-order valence-corrected chi connectivity index (χ0v) is 13.2. The number of piperidine rings is 1. The number of carboxylic acid groups (broad SMARTS) is 1. The molecule has 1 aromatic rings. The van der Waals surface area contributed by atoms with E-state index in [9.17, 15) is 14.7 Å². The fourth-order valence-corrected chi connectivity index (χ4v) is 2.79. The summed E-state index contributed by atoms with van der Waals surface area (Å²) in [5.74, 6) is -0.529. The zero-order chi connectivity index (χ0) is 16.3. The van der Waals surface area contributed by atoms with E-state index in [2.05, 4.69) is 0 Å². The predicted molar refractivity (Wildman–Crippen MR) is 82.2 cm³/mol. The number of hydrogen-bond donors (Lipinski definition) is 1. The normalized spacial score (nSPS) is 21.7. The number of benzene rings is 1. The number of carbonyl (C=O) groups is 2. The van der Waals surface area contributed by atoms with Gasteiger partial charge in [0, 0.05) is 18.2 Å². The van der Waals surface area contributed by atoms with Crippen LogP contribution in [0.4, 0.5) is 0 Å². The molecular weight excluding hydrogens is 284 g/mol. The summed E-state index contributed by atoms with van der Waals surface area (Å²) >= 11 is 0. The lowest BCUT2D eigenvalue weighted by Gasteiger charge is -2.39. The van der Waals surface area contributed by atoms with Gasteiger partial charge in [-0.3, -0.25) is 4.79 Å². The molecule has 0 aliphatic carbocycles. The van der Waals surface area contributed by atoms with Crippen LogP contribution in [0.1, 0.15) is 23.2 Å². The van der Waals surface area contributed by atoms with Crippen LogP contribution < -0.4 is 4.74 Å². The molecule has 0 spiro atoms. The molecular formula is C16H22N2O4. The summed E-state index contributed by atoms with van der Waals surface area (Å²) in [5, 5.41) is 9.45. The molecule has 1 amide bonds. The minimum absolute atomic E-state index is 0.181. The fourth-order valence-electron chi connectivity index (χ4n) is 2.79. The molecule has 2 rings (SSSR count). The summed E-state index contributed by atoms with van der Waals surface area (Å²) in [6.07, 6.45) is 1.23. The first kappa shape index (κ1) is 16.3. The number of aliphatic carboxylic acids is 1. The van der Waals surface area contributed by atoms with Crippen molar-refractivity contribution in [3.05, 3.63) is 29.8 Å². The van der Waals surface area contributed by atoms with E-state index in [-0.39, 0.29) is 11.9 Å². The first-order valence-corrected chi connectivity index (χ1v) is 7.28. The maximum absolute atomic E-state index is 12.6. The van der Waals surface area contributed by atoms with Crippen molar-refractivity contribution in [2.45, 2.75) is 24.9 Å². The fraction of sp³-hybridized carbons (Fsp3) is 0.500. The van der Waals surface area contributed by atoms with Crippen LogP contribution in [0.5, 0.6) is 5.75 Å². The largest absolute Gasteiger partial charge is 0.497 e. The topological polar surface area (TPSA) is 70.1 Å². The van der Waals surface area contributed by atoms with Gasteiger partial charge in [-0.1, -0.05) is 0 Å². The van der Waals surface area contributed by atoms with Crippen LogP contribution in [-0.4, -0.2) is 66.6 Å². The molecule has 6 heteroatoms. The second-order valence-electron chi connectivity index (χ2n) is 5.72. The first-order valence-electron chi connectivity index (χ1n) is 7.28. The number of methoxy groups -OCH3 is 1. The Labute approximate surface area is 130 Å². The van der Waals surface area contributed by atoms with Gasteiger partial charge in [0.25, 0.3) is 5.91 Å². The van der Waals surface area contributed by atoms with Crippen molar-refractivity contribution in [3.63, 3.8) is 0 Å². The third-order valence-electron chi connectivity index (χ3n) is 4.19. The Balaban J connectivity index is 2.18. The van der Waals surface area contributed by atoms with Crippen molar-refractivity contribution in [1.29, 1.82) is 0 Å². The van der Waals surface area contributed by atoms with Gasteiger partial charge < -0.3 is 19.6 Å². The molecule has 1 aliphatic rings. The third-order valence-corrected chi connectivity index (χ3v) is 4.19. The van der Waals surface area contributed by atoms with Gasteiger partial charge in [0.15, 0.2) is 0 Å². The number of rotatable bonds is 4. The smallest absolute Gasteiger partial charge is 0.326 e. The second kappa shape index (κ2) is 6.79. The molecule has 0 aromatic heterocycles. The standard InChI is InChI=1S/C16H22N2O4/c1-17(2)12-8-9-18(14(10-12)16(20)21)15(19)11-4-6-13(22-3)7-5-11/h4-7,12,14H,8-10H2,1-3H3,(H,20,21)/t12-,14+/m0/s1. The summed E-state index contributed by atoms with van der Waals surface area (Å²) in [6, 6.07) is 6.14. The molecule has 0 radical (unpaired) electrons. The van der Waals surface area contributed by atoms with Crippen molar-refractivity contribution in [2.24, 2.45) is 0 Å². The predicted octanol–water partition coefficient (Wildman–Crippen LogP) is 1.31. The second-order valence-corrected chi connectivity index (χ2v) is 5.72. The van der Waals surface area contributed by atoms with Gasteiger partial charge >= 0.3 is 5.97 Å². The zero-order valence-electron chi connectivity index (χ0n) is 13.2. The lowest BCUT2D eigenvalue weighted by molar-refractivity contribution is -0.144. The van der Waals surface area contributed by atoms with Crippen LogP contribution in [0.3, 0.4) is 0 Å². The van der Waals surface area contributed by atoms with Crippen molar-refractivity contribution in [2.75, 3.05) is 27.7 Å². The average Bonchev–Trinajstić information content (AvgIpc) is 2.53. The Kier molecular flexibility index (Phi) is 5.03. The SMILES string of the molecule is COc1ccc(C(=O)N2CC[C@H](N(C)C)C[C@@H]2C(=O)O)cc1. The Morgan fingerprint density at radius 2 is 1.91 bits per heavy atom. The maximum Gasteiger partial charge on any atom is 0.326 e. The van der Waals surface area contributed by atoms with E-state index in [1.165, 1.54) is 4.90 Å².